The SMILES string of the molecule is COc1ccc(NC(=O)C2Oc3c(c(=O)oc4ccccc34)C2c2ccc(OC)cc2)cc1. The van der Waals surface area contributed by atoms with E-state index in [4.69, 9.17) is 18.6 Å². The minimum absolute atomic E-state index is 0.328. The van der Waals surface area contributed by atoms with E-state index in [1.807, 2.05) is 24.3 Å². The smallest absolute Gasteiger partial charge is 0.344 e. The van der Waals surface area contributed by atoms with Crippen molar-refractivity contribution in [1.29, 1.82) is 0 Å². The number of carbonyl (C=O) groups is 1. The number of anilines is 1. The molecule has 0 aliphatic carbocycles. The van der Waals surface area contributed by atoms with Gasteiger partial charge in [-0.2, -0.15) is 0 Å². The number of carbonyl (C=O) groups excluding carboxylic acids is 1. The Labute approximate surface area is 189 Å². The van der Waals surface area contributed by atoms with E-state index in [1.54, 1.807) is 62.8 Å². The highest BCUT2D eigenvalue weighted by molar-refractivity contribution is 5.97. The van der Waals surface area contributed by atoms with Gasteiger partial charge in [0.2, 0.25) is 0 Å². The summed E-state index contributed by atoms with van der Waals surface area (Å²) in [5.41, 5.74) is 1.54. The molecule has 0 spiro atoms. The average Bonchev–Trinajstić information content (AvgIpc) is 3.26. The number of hydrogen-bond acceptors (Lipinski definition) is 6. The molecule has 1 amide bonds. The van der Waals surface area contributed by atoms with Crippen LogP contribution in [0.4, 0.5) is 5.69 Å². The molecule has 2 unspecified atom stereocenters. The third-order valence-corrected chi connectivity index (χ3v) is 5.75. The van der Waals surface area contributed by atoms with Gasteiger partial charge in [-0.3, -0.25) is 4.79 Å². The summed E-state index contributed by atoms with van der Waals surface area (Å²) in [4.78, 5) is 26.4. The van der Waals surface area contributed by atoms with E-state index in [9.17, 15) is 9.59 Å². The lowest BCUT2D eigenvalue weighted by atomic mass is 9.88. The number of ether oxygens (including phenoxy) is 3. The van der Waals surface area contributed by atoms with Crippen LogP contribution in [0.1, 0.15) is 17.0 Å². The second-order valence-corrected chi connectivity index (χ2v) is 7.64. The molecule has 7 heteroatoms. The van der Waals surface area contributed by atoms with Crippen LogP contribution in [-0.2, 0) is 4.79 Å². The predicted octanol–water partition coefficient (Wildman–Crippen LogP) is 4.34. The summed E-state index contributed by atoms with van der Waals surface area (Å²) in [6.07, 6.45) is -0.968. The first kappa shape index (κ1) is 20.6. The molecule has 5 rings (SSSR count). The van der Waals surface area contributed by atoms with Crippen LogP contribution >= 0.6 is 0 Å². The fraction of sp³-hybridized carbons (Fsp3) is 0.154. The van der Waals surface area contributed by atoms with Crippen molar-refractivity contribution < 1.29 is 23.4 Å². The molecule has 0 fully saturated rings. The molecule has 3 aromatic carbocycles. The summed E-state index contributed by atoms with van der Waals surface area (Å²) in [5, 5.41) is 3.53. The maximum atomic E-state index is 13.4. The number of fused-ring (bicyclic) bond motifs is 3. The molecule has 0 saturated carbocycles. The van der Waals surface area contributed by atoms with Crippen molar-refractivity contribution in [2.45, 2.75) is 12.0 Å². The van der Waals surface area contributed by atoms with Crippen LogP contribution in [0.15, 0.2) is 82.0 Å². The molecule has 1 aliphatic heterocycles. The Morgan fingerprint density at radius 1 is 0.879 bits per heavy atom. The molecule has 0 saturated heterocycles. The van der Waals surface area contributed by atoms with Crippen molar-refractivity contribution in [2.75, 3.05) is 19.5 Å². The third kappa shape index (κ3) is 3.67. The summed E-state index contributed by atoms with van der Waals surface area (Å²) in [5.74, 6) is 0.698. The van der Waals surface area contributed by atoms with Gasteiger partial charge in [-0.15, -0.1) is 0 Å². The summed E-state index contributed by atoms with van der Waals surface area (Å²) < 4.78 is 22.2. The van der Waals surface area contributed by atoms with Crippen LogP contribution in [0.5, 0.6) is 17.2 Å². The molecular formula is C26H21NO6. The molecule has 4 aromatic rings. The maximum absolute atomic E-state index is 13.4. The number of nitrogens with one attached hydrogen (secondary N) is 1. The summed E-state index contributed by atoms with van der Waals surface area (Å²) in [6, 6.07) is 21.3. The topological polar surface area (TPSA) is 87.0 Å². The Balaban J connectivity index is 1.59. The summed E-state index contributed by atoms with van der Waals surface area (Å²) in [7, 11) is 3.15. The Bertz CT molecular complexity index is 1380. The molecule has 166 valence electrons. The predicted molar refractivity (Wildman–Crippen MR) is 123 cm³/mol. The van der Waals surface area contributed by atoms with Gasteiger partial charge in [0.05, 0.1) is 31.1 Å². The second kappa shape index (κ2) is 8.35. The molecule has 2 atom stereocenters. The molecule has 0 bridgehead atoms. The van der Waals surface area contributed by atoms with Gasteiger partial charge in [0.25, 0.3) is 5.91 Å². The van der Waals surface area contributed by atoms with Crippen molar-refractivity contribution in [3.05, 3.63) is 94.3 Å². The van der Waals surface area contributed by atoms with Gasteiger partial charge in [0.15, 0.2) is 6.10 Å². The van der Waals surface area contributed by atoms with Crippen molar-refractivity contribution in [3.8, 4) is 17.2 Å². The number of amides is 1. The minimum atomic E-state index is -0.968. The van der Waals surface area contributed by atoms with Gasteiger partial charge in [0, 0.05) is 5.69 Å². The Hall–Kier alpha value is -4.26. The van der Waals surface area contributed by atoms with E-state index in [-0.39, 0.29) is 5.91 Å². The number of benzene rings is 3. The number of methoxy groups -OCH3 is 2. The quantitative estimate of drug-likeness (QED) is 0.462. The fourth-order valence-electron chi connectivity index (χ4n) is 4.12. The van der Waals surface area contributed by atoms with E-state index in [2.05, 4.69) is 5.32 Å². The van der Waals surface area contributed by atoms with Gasteiger partial charge in [-0.25, -0.2) is 4.79 Å². The van der Waals surface area contributed by atoms with Crippen LogP contribution in [0.3, 0.4) is 0 Å². The number of para-hydroxylation sites is 1. The molecule has 1 aromatic heterocycles. The van der Waals surface area contributed by atoms with E-state index in [1.165, 1.54) is 0 Å². The highest BCUT2D eigenvalue weighted by Gasteiger charge is 2.44. The van der Waals surface area contributed by atoms with Crippen molar-refractivity contribution in [2.24, 2.45) is 0 Å². The zero-order chi connectivity index (χ0) is 22.9. The molecule has 7 nitrogen and oxygen atoms in total. The van der Waals surface area contributed by atoms with E-state index in [0.29, 0.717) is 39.5 Å². The van der Waals surface area contributed by atoms with Gasteiger partial charge < -0.3 is 23.9 Å². The van der Waals surface area contributed by atoms with E-state index >= 15 is 0 Å². The first-order chi connectivity index (χ1) is 16.1. The van der Waals surface area contributed by atoms with Crippen LogP contribution in [0.2, 0.25) is 0 Å². The molecule has 33 heavy (non-hydrogen) atoms. The molecule has 2 heterocycles. The first-order valence-corrected chi connectivity index (χ1v) is 10.4. The van der Waals surface area contributed by atoms with Crippen molar-refractivity contribution in [3.63, 3.8) is 0 Å². The minimum Gasteiger partial charge on any atom is -0.497 e. The third-order valence-electron chi connectivity index (χ3n) is 5.75. The monoisotopic (exact) mass is 443 g/mol. The van der Waals surface area contributed by atoms with Gasteiger partial charge in [0.1, 0.15) is 22.8 Å². The highest BCUT2D eigenvalue weighted by Crippen LogP contribution is 2.44. The zero-order valence-corrected chi connectivity index (χ0v) is 18.0. The van der Waals surface area contributed by atoms with Gasteiger partial charge in [-0.1, -0.05) is 24.3 Å². The second-order valence-electron chi connectivity index (χ2n) is 7.64. The van der Waals surface area contributed by atoms with Crippen LogP contribution < -0.4 is 25.2 Å². The summed E-state index contributed by atoms with van der Waals surface area (Å²) >= 11 is 0. The van der Waals surface area contributed by atoms with Gasteiger partial charge >= 0.3 is 5.63 Å². The lowest BCUT2D eigenvalue weighted by Gasteiger charge is -2.19. The highest BCUT2D eigenvalue weighted by atomic mass is 16.5. The molecule has 0 radical (unpaired) electrons. The zero-order valence-electron chi connectivity index (χ0n) is 18.0. The Morgan fingerprint density at radius 2 is 1.52 bits per heavy atom. The Morgan fingerprint density at radius 3 is 2.18 bits per heavy atom. The Kier molecular flexibility index (Phi) is 5.22. The van der Waals surface area contributed by atoms with Crippen LogP contribution in [0.25, 0.3) is 11.0 Å². The average molecular weight is 443 g/mol. The van der Waals surface area contributed by atoms with Crippen molar-refractivity contribution in [1.82, 2.24) is 0 Å². The molecule has 1 aliphatic rings. The first-order valence-electron chi connectivity index (χ1n) is 10.4. The number of hydrogen-bond donors (Lipinski definition) is 1. The molecule has 1 N–H and O–H groups in total. The lowest BCUT2D eigenvalue weighted by Crippen LogP contribution is -2.35. The van der Waals surface area contributed by atoms with Crippen molar-refractivity contribution >= 4 is 22.6 Å². The fourth-order valence-corrected chi connectivity index (χ4v) is 4.12. The largest absolute Gasteiger partial charge is 0.497 e. The summed E-state index contributed by atoms with van der Waals surface area (Å²) in [6.45, 7) is 0. The standard InChI is InChI=1S/C26H21NO6/c1-30-17-11-7-15(8-12-17)21-22-23(19-5-3-4-6-20(19)32-26(22)29)33-24(21)25(28)27-16-9-13-18(31-2)14-10-16/h3-14,21,24H,1-2H3,(H,27,28). The van der Waals surface area contributed by atoms with E-state index < -0.39 is 17.6 Å². The van der Waals surface area contributed by atoms with Crippen LogP contribution in [0, 0.1) is 0 Å². The maximum Gasteiger partial charge on any atom is 0.344 e. The van der Waals surface area contributed by atoms with E-state index in [0.717, 1.165) is 5.56 Å². The lowest BCUT2D eigenvalue weighted by molar-refractivity contribution is -0.122. The van der Waals surface area contributed by atoms with Gasteiger partial charge in [-0.05, 0) is 54.1 Å². The van der Waals surface area contributed by atoms with Crippen LogP contribution in [-0.4, -0.2) is 26.2 Å². The normalized spacial score (nSPS) is 16.7. The number of rotatable bonds is 5. The molecular weight excluding hydrogens is 422 g/mol.